The molecule has 2 aromatic carbocycles. The molecule has 0 bridgehead atoms. The summed E-state index contributed by atoms with van der Waals surface area (Å²) in [4.78, 5) is 29.8. The van der Waals surface area contributed by atoms with Crippen LogP contribution in [-0.4, -0.2) is 29.0 Å². The highest BCUT2D eigenvalue weighted by Crippen LogP contribution is 2.42. The van der Waals surface area contributed by atoms with Crippen molar-refractivity contribution in [2.24, 2.45) is 0 Å². The summed E-state index contributed by atoms with van der Waals surface area (Å²) in [6.07, 6.45) is 4.78. The number of anilines is 2. The van der Waals surface area contributed by atoms with E-state index in [-0.39, 0.29) is 16.2 Å². The molecule has 176 valence electrons. The van der Waals surface area contributed by atoms with E-state index in [4.69, 9.17) is 23.8 Å². The Morgan fingerprint density at radius 1 is 1.21 bits per heavy atom. The number of carbonyl (C=O) groups is 2. The van der Waals surface area contributed by atoms with Gasteiger partial charge in [0.2, 0.25) is 0 Å². The van der Waals surface area contributed by atoms with Gasteiger partial charge in [0.1, 0.15) is 5.57 Å². The Morgan fingerprint density at radius 3 is 2.62 bits per heavy atom. The first-order valence-electron chi connectivity index (χ1n) is 11.0. The van der Waals surface area contributed by atoms with Crippen molar-refractivity contribution in [1.82, 2.24) is 5.32 Å². The highest BCUT2D eigenvalue weighted by Gasteiger charge is 2.35. The van der Waals surface area contributed by atoms with Gasteiger partial charge in [-0.3, -0.25) is 19.8 Å². The van der Waals surface area contributed by atoms with Crippen molar-refractivity contribution in [3.8, 4) is 0 Å². The predicted octanol–water partition coefficient (Wildman–Crippen LogP) is 6.35. The van der Waals surface area contributed by atoms with E-state index in [9.17, 15) is 9.59 Å². The van der Waals surface area contributed by atoms with E-state index >= 15 is 0 Å². The van der Waals surface area contributed by atoms with Gasteiger partial charge < -0.3 is 4.90 Å². The van der Waals surface area contributed by atoms with E-state index in [2.05, 4.69) is 59.9 Å². The number of hydrogen-bond acceptors (Lipinski definition) is 4. The van der Waals surface area contributed by atoms with Gasteiger partial charge in [0.15, 0.2) is 5.11 Å². The first kappa shape index (κ1) is 24.6. The van der Waals surface area contributed by atoms with Crippen molar-refractivity contribution in [3.63, 3.8) is 0 Å². The number of fused-ring (bicyclic) bond motifs is 1. The fourth-order valence-corrected chi connectivity index (χ4v) is 5.40. The molecule has 0 aliphatic carbocycles. The fraction of sp³-hybridized carbons (Fsp3) is 0.269. The van der Waals surface area contributed by atoms with Crippen molar-refractivity contribution in [1.29, 1.82) is 0 Å². The Hall–Kier alpha value is -2.48. The Balaban J connectivity index is 1.79. The van der Waals surface area contributed by atoms with Gasteiger partial charge in [0.25, 0.3) is 11.8 Å². The van der Waals surface area contributed by atoms with Gasteiger partial charge in [-0.15, -0.1) is 0 Å². The second-order valence-corrected chi connectivity index (χ2v) is 10.7. The molecule has 0 spiro atoms. The van der Waals surface area contributed by atoms with Crippen LogP contribution >= 0.6 is 39.7 Å². The molecule has 4 rings (SSSR count). The van der Waals surface area contributed by atoms with Gasteiger partial charge in [0, 0.05) is 27.3 Å². The van der Waals surface area contributed by atoms with Crippen LogP contribution in [0.25, 0.3) is 11.6 Å². The lowest BCUT2D eigenvalue weighted by Crippen LogP contribution is -2.54. The second-order valence-electron chi connectivity index (χ2n) is 8.96. The van der Waals surface area contributed by atoms with E-state index in [1.54, 1.807) is 24.3 Å². The van der Waals surface area contributed by atoms with Crippen LogP contribution in [0.5, 0.6) is 0 Å². The third-order valence-corrected chi connectivity index (χ3v) is 7.12. The van der Waals surface area contributed by atoms with Crippen molar-refractivity contribution in [3.05, 3.63) is 68.7 Å². The highest BCUT2D eigenvalue weighted by molar-refractivity contribution is 9.10. The van der Waals surface area contributed by atoms with Crippen LogP contribution in [0.1, 0.15) is 45.2 Å². The van der Waals surface area contributed by atoms with Crippen LogP contribution in [0.4, 0.5) is 11.4 Å². The maximum absolute atomic E-state index is 13.4. The third kappa shape index (κ3) is 4.44. The van der Waals surface area contributed by atoms with E-state index in [0.29, 0.717) is 16.3 Å². The van der Waals surface area contributed by atoms with Crippen LogP contribution in [0, 0.1) is 0 Å². The molecule has 2 heterocycles. The molecule has 5 nitrogen and oxygen atoms in total. The summed E-state index contributed by atoms with van der Waals surface area (Å²) in [5.74, 6) is -1.04. The van der Waals surface area contributed by atoms with E-state index < -0.39 is 11.8 Å². The van der Waals surface area contributed by atoms with Crippen molar-refractivity contribution in [2.45, 2.75) is 39.7 Å². The number of amides is 2. The predicted molar refractivity (Wildman–Crippen MR) is 147 cm³/mol. The van der Waals surface area contributed by atoms with Crippen LogP contribution in [-0.2, 0) is 9.59 Å². The molecule has 2 aliphatic heterocycles. The zero-order valence-corrected chi connectivity index (χ0v) is 22.6. The molecule has 1 saturated heterocycles. The lowest BCUT2D eigenvalue weighted by Gasteiger charge is -2.43. The Labute approximate surface area is 218 Å². The summed E-state index contributed by atoms with van der Waals surface area (Å²) >= 11 is 15.4. The molecule has 34 heavy (non-hydrogen) atoms. The van der Waals surface area contributed by atoms with Crippen molar-refractivity contribution in [2.75, 3.05) is 16.3 Å². The largest absolute Gasteiger partial charge is 0.362 e. The number of carbonyl (C=O) groups excluding carboxylic acids is 2. The smallest absolute Gasteiger partial charge is 0.270 e. The molecule has 0 saturated carbocycles. The molecular formula is C26H25BrClN3O2S. The molecule has 0 unspecified atom stereocenters. The minimum atomic E-state index is -0.545. The summed E-state index contributed by atoms with van der Waals surface area (Å²) in [7, 11) is 0. The fourth-order valence-electron chi connectivity index (χ4n) is 4.52. The van der Waals surface area contributed by atoms with Gasteiger partial charge >= 0.3 is 0 Å². The van der Waals surface area contributed by atoms with E-state index in [0.717, 1.165) is 34.3 Å². The average molecular weight is 559 g/mol. The van der Waals surface area contributed by atoms with Gasteiger partial charge in [-0.05, 0) is 87.0 Å². The maximum atomic E-state index is 13.4. The number of halogens is 2. The van der Waals surface area contributed by atoms with Crippen molar-refractivity contribution < 1.29 is 9.59 Å². The maximum Gasteiger partial charge on any atom is 0.270 e. The van der Waals surface area contributed by atoms with E-state index in [1.807, 2.05) is 18.2 Å². The Bertz CT molecular complexity index is 1280. The van der Waals surface area contributed by atoms with E-state index in [1.165, 1.54) is 4.90 Å². The lowest BCUT2D eigenvalue weighted by molar-refractivity contribution is -0.122. The molecule has 0 atom stereocenters. The number of rotatable bonds is 4. The molecule has 0 radical (unpaired) electrons. The SMILES string of the molecule is CCCN1c2cc(Cl)c(/C=C3/C(=O)NC(=S)N(c4cccc(Br)c4)C3=O)cc2C(C)=CC1(C)C. The summed E-state index contributed by atoms with van der Waals surface area (Å²) in [6, 6.07) is 11.1. The molecule has 1 N–H and O–H groups in total. The highest BCUT2D eigenvalue weighted by atomic mass is 79.9. The topological polar surface area (TPSA) is 52.7 Å². The number of nitrogens with zero attached hydrogens (tertiary/aromatic N) is 2. The molecule has 1 fully saturated rings. The second kappa shape index (κ2) is 9.29. The van der Waals surface area contributed by atoms with Crippen LogP contribution in [0.15, 0.2) is 52.5 Å². The number of nitrogens with one attached hydrogen (secondary N) is 1. The zero-order chi connectivity index (χ0) is 24.8. The number of thiocarbonyl (C=S) groups is 1. The standard InChI is InChI=1S/C26H25BrClN3O2S/c1-5-9-30-22-13-21(28)16(10-19(22)15(2)14-26(30,3)4)11-20-23(32)29-25(34)31(24(20)33)18-8-6-7-17(27)12-18/h6-8,10-14H,5,9H2,1-4H3,(H,29,32,34)/b20-11-. The molecular weight excluding hydrogens is 534 g/mol. The minimum absolute atomic E-state index is 0.0291. The van der Waals surface area contributed by atoms with Gasteiger partial charge in [-0.1, -0.05) is 46.6 Å². The number of hydrogen-bond donors (Lipinski definition) is 1. The third-order valence-electron chi connectivity index (χ3n) is 6.01. The lowest BCUT2D eigenvalue weighted by atomic mass is 9.87. The van der Waals surface area contributed by atoms with Crippen LogP contribution in [0.2, 0.25) is 5.02 Å². The molecule has 2 amide bonds. The molecule has 2 aliphatic rings. The summed E-state index contributed by atoms with van der Waals surface area (Å²) in [5, 5.41) is 3.14. The number of allylic oxidation sites excluding steroid dienone is 1. The summed E-state index contributed by atoms with van der Waals surface area (Å²) in [6.45, 7) is 9.48. The monoisotopic (exact) mass is 557 g/mol. The van der Waals surface area contributed by atoms with Gasteiger partial charge in [-0.2, -0.15) is 0 Å². The molecule has 8 heteroatoms. The summed E-state index contributed by atoms with van der Waals surface area (Å²) < 4.78 is 0.794. The van der Waals surface area contributed by atoms with Crippen molar-refractivity contribution >= 4 is 79.7 Å². The quantitative estimate of drug-likeness (QED) is 0.270. The molecule has 2 aromatic rings. The van der Waals surface area contributed by atoms with Crippen LogP contribution < -0.4 is 15.1 Å². The zero-order valence-electron chi connectivity index (χ0n) is 19.4. The Morgan fingerprint density at radius 2 is 1.94 bits per heavy atom. The van der Waals surface area contributed by atoms with Gasteiger partial charge in [0.05, 0.1) is 11.2 Å². The first-order chi connectivity index (χ1) is 16.0. The minimum Gasteiger partial charge on any atom is -0.362 e. The Kier molecular flexibility index (Phi) is 6.73. The first-order valence-corrected chi connectivity index (χ1v) is 12.6. The van der Waals surface area contributed by atoms with Crippen LogP contribution in [0.3, 0.4) is 0 Å². The molecule has 0 aromatic heterocycles. The average Bonchev–Trinajstić information content (AvgIpc) is 2.74. The number of benzene rings is 2. The normalized spacial score (nSPS) is 18.7. The van der Waals surface area contributed by atoms with Gasteiger partial charge in [-0.25, -0.2) is 0 Å². The summed E-state index contributed by atoms with van der Waals surface area (Å²) in [5.41, 5.74) is 4.20.